The largest absolute Gasteiger partial charge is 0.495 e. The summed E-state index contributed by atoms with van der Waals surface area (Å²) < 4.78 is 7.01. The number of aryl methyl sites for hydroxylation is 1. The maximum atomic E-state index is 12.6. The summed E-state index contributed by atoms with van der Waals surface area (Å²) in [5.74, 6) is 1.50. The fraction of sp³-hybridized carbons (Fsp3) is 0.222. The molecule has 0 saturated heterocycles. The van der Waals surface area contributed by atoms with Crippen molar-refractivity contribution < 1.29 is 4.74 Å². The number of hydrogen-bond donors (Lipinski definition) is 1. The van der Waals surface area contributed by atoms with Crippen molar-refractivity contribution >= 4 is 16.6 Å². The van der Waals surface area contributed by atoms with Crippen LogP contribution in [0.15, 0.2) is 53.3 Å². The van der Waals surface area contributed by atoms with E-state index in [2.05, 4.69) is 10.3 Å². The minimum absolute atomic E-state index is 0.00470. The van der Waals surface area contributed by atoms with Crippen molar-refractivity contribution in [1.29, 1.82) is 0 Å². The molecule has 0 amide bonds. The quantitative estimate of drug-likeness (QED) is 0.787. The molecule has 0 bridgehead atoms. The van der Waals surface area contributed by atoms with Gasteiger partial charge >= 0.3 is 0 Å². The Morgan fingerprint density at radius 3 is 2.70 bits per heavy atom. The molecule has 3 rings (SSSR count). The van der Waals surface area contributed by atoms with Gasteiger partial charge in [0.2, 0.25) is 0 Å². The van der Waals surface area contributed by atoms with Crippen molar-refractivity contribution in [3.05, 3.63) is 64.7 Å². The SMILES string of the molecule is COc1ccccc1NCCn1c(C)nc2ccccc2c1=O. The summed E-state index contributed by atoms with van der Waals surface area (Å²) in [5.41, 5.74) is 1.65. The molecule has 0 fully saturated rings. The first-order chi connectivity index (χ1) is 11.2. The highest BCUT2D eigenvalue weighted by Gasteiger charge is 2.07. The minimum Gasteiger partial charge on any atom is -0.495 e. The zero-order valence-corrected chi connectivity index (χ0v) is 13.2. The Balaban J connectivity index is 1.81. The van der Waals surface area contributed by atoms with E-state index >= 15 is 0 Å². The topological polar surface area (TPSA) is 56.1 Å². The van der Waals surface area contributed by atoms with E-state index in [0.717, 1.165) is 22.8 Å². The van der Waals surface area contributed by atoms with E-state index in [1.807, 2.05) is 55.5 Å². The summed E-state index contributed by atoms with van der Waals surface area (Å²) in [6.07, 6.45) is 0. The van der Waals surface area contributed by atoms with Gasteiger partial charge in [-0.2, -0.15) is 0 Å². The minimum atomic E-state index is -0.00470. The Bertz CT molecular complexity index is 887. The standard InChI is InChI=1S/C18H19N3O2/c1-13-20-15-8-4-3-7-14(15)18(22)21(13)12-11-19-16-9-5-6-10-17(16)23-2/h3-10,19H,11-12H2,1-2H3. The Labute approximate surface area is 134 Å². The first kappa shape index (κ1) is 15.1. The molecule has 0 aliphatic heterocycles. The van der Waals surface area contributed by atoms with Gasteiger partial charge in [-0.05, 0) is 31.2 Å². The molecular formula is C18H19N3O2. The van der Waals surface area contributed by atoms with Crippen LogP contribution in [0.2, 0.25) is 0 Å². The van der Waals surface area contributed by atoms with Gasteiger partial charge in [0, 0.05) is 13.1 Å². The molecular weight excluding hydrogens is 290 g/mol. The van der Waals surface area contributed by atoms with Crippen LogP contribution in [-0.2, 0) is 6.54 Å². The smallest absolute Gasteiger partial charge is 0.261 e. The Morgan fingerprint density at radius 1 is 1.13 bits per heavy atom. The lowest BCUT2D eigenvalue weighted by molar-refractivity contribution is 0.416. The van der Waals surface area contributed by atoms with Gasteiger partial charge in [0.1, 0.15) is 11.6 Å². The summed E-state index contributed by atoms with van der Waals surface area (Å²) in [5, 5.41) is 3.95. The fourth-order valence-electron chi connectivity index (χ4n) is 2.64. The predicted molar refractivity (Wildman–Crippen MR) is 92.2 cm³/mol. The summed E-state index contributed by atoms with van der Waals surface area (Å²) in [7, 11) is 1.64. The second-order valence-electron chi connectivity index (χ2n) is 5.26. The normalized spacial score (nSPS) is 10.7. The number of anilines is 1. The molecule has 1 aromatic heterocycles. The van der Waals surface area contributed by atoms with E-state index in [4.69, 9.17) is 4.74 Å². The van der Waals surface area contributed by atoms with Gasteiger partial charge < -0.3 is 10.1 Å². The van der Waals surface area contributed by atoms with Gasteiger partial charge in [-0.3, -0.25) is 9.36 Å². The molecule has 0 radical (unpaired) electrons. The average Bonchev–Trinajstić information content (AvgIpc) is 2.58. The lowest BCUT2D eigenvalue weighted by Gasteiger charge is -2.13. The summed E-state index contributed by atoms with van der Waals surface area (Å²) >= 11 is 0. The molecule has 1 heterocycles. The molecule has 0 spiro atoms. The second kappa shape index (κ2) is 6.52. The summed E-state index contributed by atoms with van der Waals surface area (Å²) in [4.78, 5) is 17.1. The van der Waals surface area contributed by atoms with Crippen molar-refractivity contribution in [1.82, 2.24) is 9.55 Å². The molecule has 0 aliphatic carbocycles. The Morgan fingerprint density at radius 2 is 1.87 bits per heavy atom. The molecule has 2 aromatic carbocycles. The van der Waals surface area contributed by atoms with Crippen molar-refractivity contribution in [3.8, 4) is 5.75 Å². The number of rotatable bonds is 5. The van der Waals surface area contributed by atoms with Gasteiger partial charge in [-0.1, -0.05) is 24.3 Å². The van der Waals surface area contributed by atoms with E-state index in [9.17, 15) is 4.79 Å². The van der Waals surface area contributed by atoms with E-state index in [-0.39, 0.29) is 5.56 Å². The number of fused-ring (bicyclic) bond motifs is 1. The third-order valence-corrected chi connectivity index (χ3v) is 3.81. The zero-order chi connectivity index (χ0) is 16.2. The van der Waals surface area contributed by atoms with Crippen LogP contribution in [-0.4, -0.2) is 23.2 Å². The highest BCUT2D eigenvalue weighted by Crippen LogP contribution is 2.22. The zero-order valence-electron chi connectivity index (χ0n) is 13.2. The maximum Gasteiger partial charge on any atom is 0.261 e. The lowest BCUT2D eigenvalue weighted by atomic mass is 10.2. The summed E-state index contributed by atoms with van der Waals surface area (Å²) in [6, 6.07) is 15.1. The van der Waals surface area contributed by atoms with Crippen molar-refractivity contribution in [2.75, 3.05) is 19.0 Å². The second-order valence-corrected chi connectivity index (χ2v) is 5.26. The van der Waals surface area contributed by atoms with Crippen LogP contribution in [0, 0.1) is 6.92 Å². The number of ether oxygens (including phenoxy) is 1. The third kappa shape index (κ3) is 3.04. The van der Waals surface area contributed by atoms with Crippen molar-refractivity contribution in [2.45, 2.75) is 13.5 Å². The molecule has 0 saturated carbocycles. The van der Waals surface area contributed by atoms with Gasteiger partial charge in [0.25, 0.3) is 5.56 Å². The van der Waals surface area contributed by atoms with Crippen LogP contribution in [0.4, 0.5) is 5.69 Å². The number of para-hydroxylation sites is 3. The number of aromatic nitrogens is 2. The van der Waals surface area contributed by atoms with Gasteiger partial charge in [-0.25, -0.2) is 4.98 Å². The van der Waals surface area contributed by atoms with Crippen molar-refractivity contribution in [3.63, 3.8) is 0 Å². The van der Waals surface area contributed by atoms with Crippen LogP contribution in [0.5, 0.6) is 5.75 Å². The van der Waals surface area contributed by atoms with E-state index in [0.29, 0.717) is 18.5 Å². The molecule has 0 atom stereocenters. The first-order valence-corrected chi connectivity index (χ1v) is 7.54. The number of methoxy groups -OCH3 is 1. The third-order valence-electron chi connectivity index (χ3n) is 3.81. The number of nitrogens with one attached hydrogen (secondary N) is 1. The van der Waals surface area contributed by atoms with Gasteiger partial charge in [0.05, 0.1) is 23.7 Å². The van der Waals surface area contributed by atoms with E-state index in [1.165, 1.54) is 0 Å². The van der Waals surface area contributed by atoms with E-state index < -0.39 is 0 Å². The molecule has 1 N–H and O–H groups in total. The van der Waals surface area contributed by atoms with Gasteiger partial charge in [0.15, 0.2) is 0 Å². The molecule has 5 heteroatoms. The summed E-state index contributed by atoms with van der Waals surface area (Å²) in [6.45, 7) is 3.01. The van der Waals surface area contributed by atoms with Gasteiger partial charge in [-0.15, -0.1) is 0 Å². The monoisotopic (exact) mass is 309 g/mol. The lowest BCUT2D eigenvalue weighted by Crippen LogP contribution is -2.27. The average molecular weight is 309 g/mol. The molecule has 118 valence electrons. The number of hydrogen-bond acceptors (Lipinski definition) is 4. The van der Waals surface area contributed by atoms with Crippen LogP contribution in [0.3, 0.4) is 0 Å². The molecule has 0 aliphatic rings. The highest BCUT2D eigenvalue weighted by atomic mass is 16.5. The van der Waals surface area contributed by atoms with Crippen molar-refractivity contribution in [2.24, 2.45) is 0 Å². The first-order valence-electron chi connectivity index (χ1n) is 7.54. The van der Waals surface area contributed by atoms with Crippen LogP contribution in [0.1, 0.15) is 5.82 Å². The Kier molecular flexibility index (Phi) is 4.28. The van der Waals surface area contributed by atoms with Crippen LogP contribution < -0.4 is 15.6 Å². The number of nitrogens with zero attached hydrogens (tertiary/aromatic N) is 2. The van der Waals surface area contributed by atoms with Crippen LogP contribution in [0.25, 0.3) is 10.9 Å². The molecule has 3 aromatic rings. The Hall–Kier alpha value is -2.82. The molecule has 0 unspecified atom stereocenters. The predicted octanol–water partition coefficient (Wildman–Crippen LogP) is 2.83. The maximum absolute atomic E-state index is 12.6. The van der Waals surface area contributed by atoms with Crippen LogP contribution >= 0.6 is 0 Å². The van der Waals surface area contributed by atoms with E-state index in [1.54, 1.807) is 11.7 Å². The number of benzene rings is 2. The molecule has 23 heavy (non-hydrogen) atoms. The highest BCUT2D eigenvalue weighted by molar-refractivity contribution is 5.77. The molecule has 5 nitrogen and oxygen atoms in total. The fourth-order valence-corrected chi connectivity index (χ4v) is 2.64.